The summed E-state index contributed by atoms with van der Waals surface area (Å²) in [6.45, 7) is -2.99. The first kappa shape index (κ1) is 15.2. The van der Waals surface area contributed by atoms with E-state index >= 15 is 0 Å². The first-order valence-corrected chi connectivity index (χ1v) is 5.52. The molecule has 0 aliphatic rings. The Labute approximate surface area is 112 Å². The van der Waals surface area contributed by atoms with Gasteiger partial charge in [0.2, 0.25) is 5.91 Å². The lowest BCUT2D eigenvalue weighted by Gasteiger charge is -2.09. The average Bonchev–Trinajstić information content (AvgIpc) is 2.29. The molecule has 0 saturated heterocycles. The zero-order valence-electron chi connectivity index (χ0n) is 9.53. The summed E-state index contributed by atoms with van der Waals surface area (Å²) in [6.07, 6.45) is -0.492. The van der Waals surface area contributed by atoms with E-state index in [9.17, 15) is 18.4 Å². The van der Waals surface area contributed by atoms with Gasteiger partial charge in [-0.1, -0.05) is 11.6 Å². The van der Waals surface area contributed by atoms with Crippen LogP contribution in [0.2, 0.25) is 5.02 Å². The number of amides is 1. The number of carbonyl (C=O) groups excluding carboxylic acids is 1. The molecule has 0 heterocycles. The predicted molar refractivity (Wildman–Crippen MR) is 63.6 cm³/mol. The van der Waals surface area contributed by atoms with Gasteiger partial charge in [-0.15, -0.1) is 0 Å². The maximum absolute atomic E-state index is 12.0. The minimum Gasteiger partial charge on any atom is -0.481 e. The Bertz CT molecular complexity index is 482. The van der Waals surface area contributed by atoms with Gasteiger partial charge in [0, 0.05) is 12.1 Å². The fourth-order valence-electron chi connectivity index (χ4n) is 1.21. The standard InChI is InChI=1S/C11H10ClF2NO4/c12-7-5-6(1-2-8(7)19-11(13)14)15-9(16)3-4-10(17)18/h1-2,5,11H,3-4H2,(H,15,16)(H,17,18). The smallest absolute Gasteiger partial charge is 0.387 e. The van der Waals surface area contributed by atoms with Crippen LogP contribution < -0.4 is 10.1 Å². The third kappa shape index (κ3) is 5.52. The van der Waals surface area contributed by atoms with Gasteiger partial charge < -0.3 is 15.2 Å². The number of carboxylic acid groups (broad SMARTS) is 1. The van der Waals surface area contributed by atoms with E-state index in [-0.39, 0.29) is 29.3 Å². The molecule has 8 heteroatoms. The van der Waals surface area contributed by atoms with E-state index in [4.69, 9.17) is 16.7 Å². The molecular weight excluding hydrogens is 284 g/mol. The summed E-state index contributed by atoms with van der Waals surface area (Å²) >= 11 is 5.68. The summed E-state index contributed by atoms with van der Waals surface area (Å²) < 4.78 is 28.1. The summed E-state index contributed by atoms with van der Waals surface area (Å²) in [5, 5.41) is 10.7. The highest BCUT2D eigenvalue weighted by Crippen LogP contribution is 2.28. The second kappa shape index (κ2) is 6.89. The molecule has 5 nitrogen and oxygen atoms in total. The molecule has 1 rings (SSSR count). The van der Waals surface area contributed by atoms with Gasteiger partial charge in [-0.3, -0.25) is 9.59 Å². The highest BCUT2D eigenvalue weighted by molar-refractivity contribution is 6.32. The molecule has 0 unspecified atom stereocenters. The third-order valence-electron chi connectivity index (χ3n) is 2.00. The van der Waals surface area contributed by atoms with Crippen LogP contribution in [0.25, 0.3) is 0 Å². The second-order valence-electron chi connectivity index (χ2n) is 3.47. The Morgan fingerprint density at radius 2 is 2.05 bits per heavy atom. The number of benzene rings is 1. The van der Waals surface area contributed by atoms with Crippen molar-refractivity contribution in [1.82, 2.24) is 0 Å². The first-order valence-electron chi connectivity index (χ1n) is 5.14. The number of carbonyl (C=O) groups is 2. The van der Waals surface area contributed by atoms with Crippen molar-refractivity contribution in [2.45, 2.75) is 19.5 Å². The monoisotopic (exact) mass is 293 g/mol. The minimum absolute atomic E-state index is 0.0867. The number of aliphatic carboxylic acids is 1. The van der Waals surface area contributed by atoms with Crippen LogP contribution in [0.15, 0.2) is 18.2 Å². The maximum Gasteiger partial charge on any atom is 0.387 e. The number of nitrogens with one attached hydrogen (secondary N) is 1. The lowest BCUT2D eigenvalue weighted by atomic mass is 10.2. The lowest BCUT2D eigenvalue weighted by Crippen LogP contribution is -2.13. The van der Waals surface area contributed by atoms with Gasteiger partial charge in [0.05, 0.1) is 11.4 Å². The van der Waals surface area contributed by atoms with Crippen molar-refractivity contribution in [1.29, 1.82) is 0 Å². The third-order valence-corrected chi connectivity index (χ3v) is 2.29. The van der Waals surface area contributed by atoms with Crippen LogP contribution >= 0.6 is 11.6 Å². The molecule has 19 heavy (non-hydrogen) atoms. The zero-order chi connectivity index (χ0) is 14.4. The Morgan fingerprint density at radius 3 is 2.58 bits per heavy atom. The lowest BCUT2D eigenvalue weighted by molar-refractivity contribution is -0.138. The summed E-state index contributed by atoms with van der Waals surface area (Å²) in [4.78, 5) is 21.6. The number of halogens is 3. The molecule has 2 N–H and O–H groups in total. The van der Waals surface area contributed by atoms with Crippen LogP contribution in [0, 0.1) is 0 Å². The molecule has 0 bridgehead atoms. The fraction of sp³-hybridized carbons (Fsp3) is 0.273. The Hall–Kier alpha value is -1.89. The van der Waals surface area contributed by atoms with Crippen molar-refractivity contribution >= 4 is 29.2 Å². The highest BCUT2D eigenvalue weighted by Gasteiger charge is 2.10. The molecule has 0 spiro atoms. The van der Waals surface area contributed by atoms with Crippen LogP contribution in [0.3, 0.4) is 0 Å². The van der Waals surface area contributed by atoms with Crippen LogP contribution in [0.4, 0.5) is 14.5 Å². The van der Waals surface area contributed by atoms with E-state index in [1.54, 1.807) is 0 Å². The number of anilines is 1. The van der Waals surface area contributed by atoms with Gasteiger partial charge >= 0.3 is 12.6 Å². The normalized spacial score (nSPS) is 10.3. The summed E-state index contributed by atoms with van der Waals surface area (Å²) in [5.74, 6) is -1.81. The van der Waals surface area contributed by atoms with Gasteiger partial charge in [0.1, 0.15) is 5.75 Å². The van der Waals surface area contributed by atoms with Gasteiger partial charge in [-0.2, -0.15) is 8.78 Å². The molecule has 1 aromatic rings. The van der Waals surface area contributed by atoms with E-state index in [0.29, 0.717) is 0 Å². The number of alkyl halides is 2. The Kier molecular flexibility index (Phi) is 5.50. The van der Waals surface area contributed by atoms with Gasteiger partial charge in [0.15, 0.2) is 0 Å². The van der Waals surface area contributed by atoms with E-state index in [0.717, 1.165) is 0 Å². The molecule has 0 aromatic heterocycles. The second-order valence-corrected chi connectivity index (χ2v) is 3.87. The molecular formula is C11H10ClF2NO4. The van der Waals surface area contributed by atoms with Crippen LogP contribution in [0.5, 0.6) is 5.75 Å². The maximum atomic E-state index is 12.0. The van der Waals surface area contributed by atoms with Crippen molar-refractivity contribution in [3.05, 3.63) is 23.2 Å². The number of ether oxygens (including phenoxy) is 1. The van der Waals surface area contributed by atoms with E-state index in [2.05, 4.69) is 10.1 Å². The zero-order valence-corrected chi connectivity index (χ0v) is 10.3. The SMILES string of the molecule is O=C(O)CCC(=O)Nc1ccc(OC(F)F)c(Cl)c1. The molecule has 0 aliphatic heterocycles. The molecule has 0 aliphatic carbocycles. The summed E-state index contributed by atoms with van der Waals surface area (Å²) in [5.41, 5.74) is 0.266. The van der Waals surface area contributed by atoms with Crippen molar-refractivity contribution in [2.75, 3.05) is 5.32 Å². The molecule has 1 amide bonds. The van der Waals surface area contributed by atoms with Gasteiger partial charge in [0.25, 0.3) is 0 Å². The van der Waals surface area contributed by atoms with Crippen LogP contribution in [0.1, 0.15) is 12.8 Å². The predicted octanol–water partition coefficient (Wildman–Crippen LogP) is 2.74. The summed E-state index contributed by atoms with van der Waals surface area (Å²) in [7, 11) is 0. The van der Waals surface area contributed by atoms with Crippen molar-refractivity contribution < 1.29 is 28.2 Å². The van der Waals surface area contributed by atoms with Crippen molar-refractivity contribution in [3.8, 4) is 5.75 Å². The van der Waals surface area contributed by atoms with E-state index < -0.39 is 18.5 Å². The van der Waals surface area contributed by atoms with Crippen LogP contribution in [-0.2, 0) is 9.59 Å². The van der Waals surface area contributed by atoms with Gasteiger partial charge in [-0.05, 0) is 18.2 Å². The average molecular weight is 294 g/mol. The fourth-order valence-corrected chi connectivity index (χ4v) is 1.44. The minimum atomic E-state index is -2.99. The highest BCUT2D eigenvalue weighted by atomic mass is 35.5. The van der Waals surface area contributed by atoms with Crippen molar-refractivity contribution in [3.63, 3.8) is 0 Å². The topological polar surface area (TPSA) is 75.6 Å². The molecule has 1 aromatic carbocycles. The number of hydrogen-bond acceptors (Lipinski definition) is 3. The summed E-state index contributed by atoms with van der Waals surface area (Å²) in [6, 6.07) is 3.74. The molecule has 104 valence electrons. The Morgan fingerprint density at radius 1 is 1.37 bits per heavy atom. The van der Waals surface area contributed by atoms with E-state index in [1.165, 1.54) is 18.2 Å². The van der Waals surface area contributed by atoms with Crippen LogP contribution in [-0.4, -0.2) is 23.6 Å². The molecule has 0 fully saturated rings. The number of rotatable bonds is 6. The van der Waals surface area contributed by atoms with Gasteiger partial charge in [-0.25, -0.2) is 0 Å². The Balaban J connectivity index is 2.63. The number of carboxylic acids is 1. The largest absolute Gasteiger partial charge is 0.481 e. The first-order chi connectivity index (χ1) is 8.88. The van der Waals surface area contributed by atoms with Crippen molar-refractivity contribution in [2.24, 2.45) is 0 Å². The molecule has 0 radical (unpaired) electrons. The molecule has 0 saturated carbocycles. The molecule has 0 atom stereocenters. The quantitative estimate of drug-likeness (QED) is 0.845. The number of hydrogen-bond donors (Lipinski definition) is 2. The van der Waals surface area contributed by atoms with E-state index in [1.807, 2.05) is 0 Å².